The van der Waals surface area contributed by atoms with E-state index in [1.54, 1.807) is 37.3 Å². The van der Waals surface area contributed by atoms with Gasteiger partial charge in [-0.2, -0.15) is 5.26 Å². The fourth-order valence-electron chi connectivity index (χ4n) is 2.15. The van der Waals surface area contributed by atoms with Gasteiger partial charge in [-0.1, -0.05) is 17.7 Å². The second-order valence-electron chi connectivity index (χ2n) is 5.02. The molecule has 1 atom stereocenters. The molecule has 2 aromatic rings. The summed E-state index contributed by atoms with van der Waals surface area (Å²) in [5, 5.41) is 18.9. The third kappa shape index (κ3) is 3.36. The van der Waals surface area contributed by atoms with Crippen LogP contribution >= 0.6 is 11.6 Å². The quantitative estimate of drug-likeness (QED) is 0.896. The van der Waals surface area contributed by atoms with Crippen LogP contribution in [0.15, 0.2) is 30.3 Å². The number of aliphatic hydroxyl groups excluding tert-OH is 1. The molecule has 2 rings (SSSR count). The highest BCUT2D eigenvalue weighted by Gasteiger charge is 2.11. The normalized spacial score (nSPS) is 11.8. The van der Waals surface area contributed by atoms with E-state index >= 15 is 0 Å². The molecular formula is C17H16ClNO2. The summed E-state index contributed by atoms with van der Waals surface area (Å²) < 4.78 is 5.88. The van der Waals surface area contributed by atoms with Gasteiger partial charge in [0.25, 0.3) is 0 Å². The molecule has 0 saturated carbocycles. The number of halogens is 1. The van der Waals surface area contributed by atoms with Gasteiger partial charge in [0.15, 0.2) is 0 Å². The summed E-state index contributed by atoms with van der Waals surface area (Å²) in [6.07, 6.45) is -0.574. The number of ether oxygens (including phenoxy) is 1. The van der Waals surface area contributed by atoms with Gasteiger partial charge in [0, 0.05) is 0 Å². The van der Waals surface area contributed by atoms with Gasteiger partial charge in [0.05, 0.1) is 22.8 Å². The van der Waals surface area contributed by atoms with Crippen LogP contribution in [0, 0.1) is 25.2 Å². The Morgan fingerprint density at radius 1 is 1.19 bits per heavy atom. The number of rotatable bonds is 3. The van der Waals surface area contributed by atoms with Gasteiger partial charge >= 0.3 is 0 Å². The maximum Gasteiger partial charge on any atom is 0.146 e. The van der Waals surface area contributed by atoms with E-state index in [9.17, 15) is 5.11 Å². The Kier molecular flexibility index (Phi) is 4.52. The molecule has 0 heterocycles. The molecule has 2 aromatic carbocycles. The molecule has 0 aliphatic carbocycles. The van der Waals surface area contributed by atoms with Gasteiger partial charge in [-0.3, -0.25) is 0 Å². The van der Waals surface area contributed by atoms with E-state index in [1.807, 2.05) is 13.8 Å². The molecule has 21 heavy (non-hydrogen) atoms. The molecule has 0 aromatic heterocycles. The van der Waals surface area contributed by atoms with E-state index in [4.69, 9.17) is 21.6 Å². The van der Waals surface area contributed by atoms with Crippen molar-refractivity contribution in [3.05, 3.63) is 57.6 Å². The highest BCUT2D eigenvalue weighted by Crippen LogP contribution is 2.35. The Morgan fingerprint density at radius 3 is 2.29 bits per heavy atom. The zero-order chi connectivity index (χ0) is 15.6. The fourth-order valence-corrected chi connectivity index (χ4v) is 2.37. The Morgan fingerprint density at radius 2 is 1.81 bits per heavy atom. The van der Waals surface area contributed by atoms with E-state index in [0.717, 1.165) is 16.7 Å². The third-order valence-corrected chi connectivity index (χ3v) is 3.54. The minimum Gasteiger partial charge on any atom is -0.455 e. The van der Waals surface area contributed by atoms with Gasteiger partial charge in [0.1, 0.15) is 11.5 Å². The number of aliphatic hydroxyl groups is 1. The average Bonchev–Trinajstić information content (AvgIpc) is 2.43. The van der Waals surface area contributed by atoms with Crippen LogP contribution in [-0.2, 0) is 0 Å². The maximum absolute atomic E-state index is 9.54. The van der Waals surface area contributed by atoms with Gasteiger partial charge in [-0.05, 0) is 61.7 Å². The minimum absolute atomic E-state index is 0.441. The van der Waals surface area contributed by atoms with E-state index in [0.29, 0.717) is 22.1 Å². The summed E-state index contributed by atoms with van der Waals surface area (Å²) in [4.78, 5) is 0. The molecule has 0 fully saturated rings. The van der Waals surface area contributed by atoms with Gasteiger partial charge in [-0.25, -0.2) is 0 Å². The zero-order valence-corrected chi connectivity index (χ0v) is 12.9. The summed E-state index contributed by atoms with van der Waals surface area (Å²) in [7, 11) is 0. The smallest absolute Gasteiger partial charge is 0.146 e. The lowest BCUT2D eigenvalue weighted by molar-refractivity contribution is 0.199. The summed E-state index contributed by atoms with van der Waals surface area (Å²) in [5.74, 6) is 1.22. The van der Waals surface area contributed by atoms with Crippen LogP contribution in [-0.4, -0.2) is 5.11 Å². The number of nitrogens with zero attached hydrogens (tertiary/aromatic N) is 1. The molecule has 0 saturated heterocycles. The highest BCUT2D eigenvalue weighted by molar-refractivity contribution is 6.32. The molecule has 3 nitrogen and oxygen atoms in total. The van der Waals surface area contributed by atoms with Crippen molar-refractivity contribution in [2.24, 2.45) is 0 Å². The topological polar surface area (TPSA) is 53.2 Å². The molecule has 0 aliphatic heterocycles. The number of hydrogen-bond donors (Lipinski definition) is 1. The predicted molar refractivity (Wildman–Crippen MR) is 82.8 cm³/mol. The van der Waals surface area contributed by atoms with Crippen molar-refractivity contribution in [1.29, 1.82) is 5.26 Å². The predicted octanol–water partition coefficient (Wildman–Crippen LogP) is 4.67. The van der Waals surface area contributed by atoms with Gasteiger partial charge in [0.2, 0.25) is 0 Å². The standard InChI is InChI=1S/C17H16ClNO2/c1-10-6-13(9-19)7-11(2)17(10)21-16-5-4-14(12(3)20)8-15(16)18/h4-8,12,20H,1-3H3/t12-/m0/s1. The second-order valence-corrected chi connectivity index (χ2v) is 5.43. The summed E-state index contributed by atoms with van der Waals surface area (Å²) in [6, 6.07) is 10.9. The lowest BCUT2D eigenvalue weighted by Gasteiger charge is -2.14. The van der Waals surface area contributed by atoms with E-state index in [2.05, 4.69) is 6.07 Å². The lowest BCUT2D eigenvalue weighted by atomic mass is 10.1. The molecular weight excluding hydrogens is 286 g/mol. The number of hydrogen-bond acceptors (Lipinski definition) is 3. The first kappa shape index (κ1) is 15.4. The van der Waals surface area contributed by atoms with Crippen LogP contribution in [0.4, 0.5) is 0 Å². The lowest BCUT2D eigenvalue weighted by Crippen LogP contribution is -1.95. The van der Waals surface area contributed by atoms with Crippen molar-refractivity contribution < 1.29 is 9.84 Å². The summed E-state index contributed by atoms with van der Waals surface area (Å²) >= 11 is 6.20. The molecule has 4 heteroatoms. The molecule has 0 unspecified atom stereocenters. The summed E-state index contributed by atoms with van der Waals surface area (Å²) in [6.45, 7) is 5.46. The van der Waals surface area contributed by atoms with Gasteiger partial charge < -0.3 is 9.84 Å². The minimum atomic E-state index is -0.574. The number of aryl methyl sites for hydroxylation is 2. The first-order chi connectivity index (χ1) is 9.92. The van der Waals surface area contributed by atoms with Crippen molar-refractivity contribution >= 4 is 11.6 Å². The Labute approximate surface area is 129 Å². The molecule has 0 spiro atoms. The Balaban J connectivity index is 2.37. The van der Waals surface area contributed by atoms with Crippen LogP contribution in [0.25, 0.3) is 0 Å². The van der Waals surface area contributed by atoms with Gasteiger partial charge in [-0.15, -0.1) is 0 Å². The third-order valence-electron chi connectivity index (χ3n) is 3.24. The largest absolute Gasteiger partial charge is 0.455 e. The Bertz CT molecular complexity index is 694. The summed E-state index contributed by atoms with van der Waals surface area (Å²) in [5.41, 5.74) is 3.10. The molecule has 0 aliphatic rings. The zero-order valence-electron chi connectivity index (χ0n) is 12.1. The SMILES string of the molecule is Cc1cc(C#N)cc(C)c1Oc1ccc([C@H](C)O)cc1Cl. The fraction of sp³-hybridized carbons (Fsp3) is 0.235. The highest BCUT2D eigenvalue weighted by atomic mass is 35.5. The maximum atomic E-state index is 9.54. The average molecular weight is 302 g/mol. The first-order valence-electron chi connectivity index (χ1n) is 6.59. The molecule has 108 valence electrons. The molecule has 0 bridgehead atoms. The first-order valence-corrected chi connectivity index (χ1v) is 6.97. The molecule has 0 radical (unpaired) electrons. The molecule has 1 N–H and O–H groups in total. The van der Waals surface area contributed by atoms with Crippen LogP contribution in [0.3, 0.4) is 0 Å². The van der Waals surface area contributed by atoms with Crippen molar-refractivity contribution in [3.63, 3.8) is 0 Å². The van der Waals surface area contributed by atoms with Crippen molar-refractivity contribution in [2.45, 2.75) is 26.9 Å². The monoisotopic (exact) mass is 301 g/mol. The second kappa shape index (κ2) is 6.17. The van der Waals surface area contributed by atoms with Crippen molar-refractivity contribution in [3.8, 4) is 17.6 Å². The number of nitriles is 1. The van der Waals surface area contributed by atoms with Crippen molar-refractivity contribution in [1.82, 2.24) is 0 Å². The Hall–Kier alpha value is -2.02. The van der Waals surface area contributed by atoms with E-state index in [-0.39, 0.29) is 0 Å². The number of benzene rings is 2. The van der Waals surface area contributed by atoms with Crippen LogP contribution in [0.5, 0.6) is 11.5 Å². The van der Waals surface area contributed by atoms with Crippen LogP contribution in [0.1, 0.15) is 35.3 Å². The van der Waals surface area contributed by atoms with E-state index < -0.39 is 6.10 Å². The van der Waals surface area contributed by atoms with E-state index in [1.165, 1.54) is 0 Å². The van der Waals surface area contributed by atoms with Crippen molar-refractivity contribution in [2.75, 3.05) is 0 Å². The van der Waals surface area contributed by atoms with Crippen LogP contribution in [0.2, 0.25) is 5.02 Å². The van der Waals surface area contributed by atoms with Crippen LogP contribution < -0.4 is 4.74 Å². The molecule has 0 amide bonds.